The molecule has 0 radical (unpaired) electrons. The van der Waals surface area contributed by atoms with E-state index in [-0.39, 0.29) is 0 Å². The van der Waals surface area contributed by atoms with E-state index in [9.17, 15) is 0 Å². The lowest BCUT2D eigenvalue weighted by Crippen LogP contribution is -2.23. The monoisotopic (exact) mass is 301 g/mol. The zero-order chi connectivity index (χ0) is 16.1. The first-order valence-corrected chi connectivity index (χ1v) is 8.34. The van der Waals surface area contributed by atoms with Crippen molar-refractivity contribution in [2.24, 2.45) is 0 Å². The van der Waals surface area contributed by atoms with Crippen molar-refractivity contribution in [3.8, 4) is 22.3 Å². The summed E-state index contributed by atoms with van der Waals surface area (Å²) in [6.45, 7) is 6.44. The molecular weight excluding hydrogens is 278 g/mol. The first kappa shape index (κ1) is 15.4. The van der Waals surface area contributed by atoms with Crippen LogP contribution in [0.2, 0.25) is 0 Å². The molecule has 0 amide bonds. The van der Waals surface area contributed by atoms with Crippen molar-refractivity contribution in [1.29, 1.82) is 0 Å². The van der Waals surface area contributed by atoms with E-state index in [4.69, 9.17) is 0 Å². The lowest BCUT2D eigenvalue weighted by Gasteiger charge is -2.27. The normalized spacial score (nSPS) is 10.5. The van der Waals surface area contributed by atoms with Crippen molar-refractivity contribution in [2.75, 3.05) is 18.0 Å². The topological polar surface area (TPSA) is 3.24 Å². The highest BCUT2D eigenvalue weighted by Crippen LogP contribution is 2.39. The molecule has 0 fully saturated rings. The van der Waals surface area contributed by atoms with Crippen LogP contribution >= 0.6 is 0 Å². The zero-order valence-electron chi connectivity index (χ0n) is 13.9. The Morgan fingerprint density at radius 3 is 1.39 bits per heavy atom. The smallest absolute Gasteiger partial charge is 0.0525 e. The Balaban J connectivity index is 2.25. The van der Waals surface area contributed by atoms with Crippen LogP contribution in [-0.4, -0.2) is 13.1 Å². The molecule has 0 spiro atoms. The zero-order valence-corrected chi connectivity index (χ0v) is 13.9. The Morgan fingerprint density at radius 2 is 1.00 bits per heavy atom. The molecule has 0 N–H and O–H groups in total. The minimum atomic E-state index is 1.00. The van der Waals surface area contributed by atoms with Gasteiger partial charge in [0.05, 0.1) is 5.69 Å². The molecule has 0 unspecified atom stereocenters. The predicted octanol–water partition coefficient (Wildman–Crippen LogP) is 5.87. The maximum absolute atomic E-state index is 2.45. The van der Waals surface area contributed by atoms with Gasteiger partial charge in [-0.3, -0.25) is 0 Å². The Morgan fingerprint density at radius 1 is 0.565 bits per heavy atom. The summed E-state index contributed by atoms with van der Waals surface area (Å²) in [5.41, 5.74) is 6.47. The number of benzene rings is 3. The number of hydrogen-bond acceptors (Lipinski definition) is 1. The molecule has 0 aliphatic carbocycles. The Kier molecular flexibility index (Phi) is 4.77. The molecule has 3 aromatic rings. The fourth-order valence-electron chi connectivity index (χ4n) is 3.13. The highest BCUT2D eigenvalue weighted by atomic mass is 15.1. The number of para-hydroxylation sites is 1. The molecule has 3 aromatic carbocycles. The maximum Gasteiger partial charge on any atom is 0.0525 e. The molecule has 0 saturated heterocycles. The van der Waals surface area contributed by atoms with Crippen LogP contribution in [0.25, 0.3) is 22.3 Å². The van der Waals surface area contributed by atoms with Crippen molar-refractivity contribution in [1.82, 2.24) is 0 Å². The molecule has 1 heteroatoms. The van der Waals surface area contributed by atoms with Gasteiger partial charge in [0.15, 0.2) is 0 Å². The molecule has 116 valence electrons. The minimum absolute atomic E-state index is 1.00. The highest BCUT2D eigenvalue weighted by molar-refractivity contribution is 5.91. The Bertz CT molecular complexity index is 686. The molecular formula is C22H23N. The van der Waals surface area contributed by atoms with Gasteiger partial charge < -0.3 is 4.90 Å². The summed E-state index contributed by atoms with van der Waals surface area (Å²) in [5.74, 6) is 0. The van der Waals surface area contributed by atoms with Gasteiger partial charge in [-0.05, 0) is 25.0 Å². The van der Waals surface area contributed by atoms with E-state index < -0.39 is 0 Å². The van der Waals surface area contributed by atoms with Crippen molar-refractivity contribution < 1.29 is 0 Å². The van der Waals surface area contributed by atoms with Crippen molar-refractivity contribution in [3.05, 3.63) is 78.9 Å². The second-order valence-electron chi connectivity index (χ2n) is 5.61. The third kappa shape index (κ3) is 3.14. The Labute approximate surface area is 139 Å². The first-order valence-electron chi connectivity index (χ1n) is 8.34. The molecule has 0 aromatic heterocycles. The average molecular weight is 301 g/mol. The molecule has 0 heterocycles. The quantitative estimate of drug-likeness (QED) is 0.570. The largest absolute Gasteiger partial charge is 0.371 e. The molecule has 0 atom stereocenters. The number of anilines is 1. The first-order chi connectivity index (χ1) is 11.3. The number of hydrogen-bond donors (Lipinski definition) is 0. The van der Waals surface area contributed by atoms with Gasteiger partial charge >= 0.3 is 0 Å². The van der Waals surface area contributed by atoms with Gasteiger partial charge in [-0.2, -0.15) is 0 Å². The van der Waals surface area contributed by atoms with E-state index in [1.165, 1.54) is 27.9 Å². The highest BCUT2D eigenvalue weighted by Gasteiger charge is 2.15. The van der Waals surface area contributed by atoms with E-state index in [2.05, 4.69) is 97.6 Å². The summed E-state index contributed by atoms with van der Waals surface area (Å²) >= 11 is 0. The van der Waals surface area contributed by atoms with Crippen LogP contribution in [0.3, 0.4) is 0 Å². The van der Waals surface area contributed by atoms with Crippen molar-refractivity contribution in [2.45, 2.75) is 13.8 Å². The number of nitrogens with zero attached hydrogens (tertiary/aromatic N) is 1. The predicted molar refractivity (Wildman–Crippen MR) is 101 cm³/mol. The van der Waals surface area contributed by atoms with E-state index in [0.717, 1.165) is 13.1 Å². The average Bonchev–Trinajstić information content (AvgIpc) is 2.64. The third-order valence-electron chi connectivity index (χ3n) is 4.29. The van der Waals surface area contributed by atoms with Gasteiger partial charge in [0.1, 0.15) is 0 Å². The molecule has 3 rings (SSSR count). The standard InChI is InChI=1S/C22H23N/c1-3-23(4-2)22-20(18-12-7-5-8-13-18)16-11-17-21(22)19-14-9-6-10-15-19/h5-17H,3-4H2,1-2H3. The molecule has 0 saturated carbocycles. The fourth-order valence-corrected chi connectivity index (χ4v) is 3.13. The number of rotatable bonds is 5. The molecule has 0 aliphatic heterocycles. The van der Waals surface area contributed by atoms with Crippen LogP contribution in [0.1, 0.15) is 13.8 Å². The molecule has 0 aliphatic rings. The van der Waals surface area contributed by atoms with E-state index >= 15 is 0 Å². The lowest BCUT2D eigenvalue weighted by atomic mass is 9.95. The van der Waals surface area contributed by atoms with Gasteiger partial charge in [0, 0.05) is 24.2 Å². The van der Waals surface area contributed by atoms with Gasteiger partial charge in [0.2, 0.25) is 0 Å². The second-order valence-corrected chi connectivity index (χ2v) is 5.61. The van der Waals surface area contributed by atoms with E-state index in [1.54, 1.807) is 0 Å². The van der Waals surface area contributed by atoms with Gasteiger partial charge in [-0.1, -0.05) is 78.9 Å². The second kappa shape index (κ2) is 7.15. The van der Waals surface area contributed by atoms with Crippen LogP contribution in [0.15, 0.2) is 78.9 Å². The summed E-state index contributed by atoms with van der Waals surface area (Å²) in [6, 6.07) is 28.0. The van der Waals surface area contributed by atoms with Crippen LogP contribution in [0.4, 0.5) is 5.69 Å². The van der Waals surface area contributed by atoms with Crippen LogP contribution in [0, 0.1) is 0 Å². The molecule has 0 bridgehead atoms. The van der Waals surface area contributed by atoms with E-state index in [1.807, 2.05) is 0 Å². The van der Waals surface area contributed by atoms with Crippen molar-refractivity contribution in [3.63, 3.8) is 0 Å². The lowest BCUT2D eigenvalue weighted by molar-refractivity contribution is 0.868. The minimum Gasteiger partial charge on any atom is -0.371 e. The summed E-state index contributed by atoms with van der Waals surface area (Å²) in [6.07, 6.45) is 0. The SMILES string of the molecule is CCN(CC)c1c(-c2ccccc2)cccc1-c1ccccc1. The van der Waals surface area contributed by atoms with E-state index in [0.29, 0.717) is 0 Å². The third-order valence-corrected chi connectivity index (χ3v) is 4.29. The molecule has 1 nitrogen and oxygen atoms in total. The summed E-state index contributed by atoms with van der Waals surface area (Å²) in [5, 5.41) is 0. The molecule has 23 heavy (non-hydrogen) atoms. The van der Waals surface area contributed by atoms with Gasteiger partial charge in [0.25, 0.3) is 0 Å². The van der Waals surface area contributed by atoms with Crippen LogP contribution < -0.4 is 4.90 Å². The summed E-state index contributed by atoms with van der Waals surface area (Å²) in [4.78, 5) is 2.45. The van der Waals surface area contributed by atoms with Crippen molar-refractivity contribution >= 4 is 5.69 Å². The van der Waals surface area contributed by atoms with Gasteiger partial charge in [-0.25, -0.2) is 0 Å². The van der Waals surface area contributed by atoms with Crippen LogP contribution in [0.5, 0.6) is 0 Å². The van der Waals surface area contributed by atoms with Gasteiger partial charge in [-0.15, -0.1) is 0 Å². The summed E-state index contributed by atoms with van der Waals surface area (Å²) < 4.78 is 0. The summed E-state index contributed by atoms with van der Waals surface area (Å²) in [7, 11) is 0. The van der Waals surface area contributed by atoms with Crippen LogP contribution in [-0.2, 0) is 0 Å². The maximum atomic E-state index is 2.45. The fraction of sp³-hybridized carbons (Fsp3) is 0.182. The Hall–Kier alpha value is -2.54.